The van der Waals surface area contributed by atoms with Crippen molar-refractivity contribution in [2.45, 2.75) is 0 Å². The Labute approximate surface area is 434 Å². The van der Waals surface area contributed by atoms with E-state index in [0.717, 1.165) is 0 Å². The van der Waals surface area contributed by atoms with E-state index in [9.17, 15) is 0 Å². The molecular formula is C32H2Br12Cl4N8. The summed E-state index contributed by atoms with van der Waals surface area (Å²) < 4.78 is 7.02. The van der Waals surface area contributed by atoms with E-state index in [2.05, 4.69) is 201 Å². The quantitative estimate of drug-likeness (QED) is 0.116. The Kier molecular flexibility index (Phi) is 11.7. The molecule has 2 N–H and O–H groups in total. The van der Waals surface area contributed by atoms with Crippen molar-refractivity contribution in [3.8, 4) is 45.6 Å². The molecule has 0 spiro atoms. The van der Waals surface area contributed by atoms with Crippen molar-refractivity contribution >= 4 is 282 Å². The monoisotopic (exact) mass is 1580 g/mol. The summed E-state index contributed by atoms with van der Waals surface area (Å²) in [5.74, 6) is 1.20. The Morgan fingerprint density at radius 1 is 0.268 bits per heavy atom. The highest BCUT2D eigenvalue weighted by Gasteiger charge is 2.33. The molecule has 282 valence electrons. The van der Waals surface area contributed by atoms with E-state index in [1.807, 2.05) is 0 Å². The first-order valence-corrected chi connectivity index (χ1v) is 25.7. The van der Waals surface area contributed by atoms with Gasteiger partial charge in [-0.1, -0.05) is 46.4 Å². The summed E-state index contributed by atoms with van der Waals surface area (Å²) in [6, 6.07) is 0. The van der Waals surface area contributed by atoms with Crippen molar-refractivity contribution in [1.29, 1.82) is 0 Å². The van der Waals surface area contributed by atoms with E-state index in [4.69, 9.17) is 76.3 Å². The summed E-state index contributed by atoms with van der Waals surface area (Å²) in [4.78, 5) is 37.5. The Morgan fingerprint density at radius 2 is 0.500 bits per heavy atom. The molecular weight excluding hydrogens is 1600 g/mol. The topological polar surface area (TPSA) is 109 Å². The van der Waals surface area contributed by atoms with Crippen LogP contribution in [-0.2, 0) is 0 Å². The second-order valence-electron chi connectivity index (χ2n) is 11.6. The van der Waals surface area contributed by atoms with Crippen LogP contribution in [0.15, 0.2) is 53.7 Å². The highest BCUT2D eigenvalue weighted by Crippen LogP contribution is 2.54. The number of fused-ring (bicyclic) bond motifs is 20. The Morgan fingerprint density at radius 3 is 0.804 bits per heavy atom. The lowest BCUT2D eigenvalue weighted by molar-refractivity contribution is 1.19. The van der Waals surface area contributed by atoms with Crippen LogP contribution in [0.5, 0.6) is 0 Å². The molecule has 24 heteroatoms. The predicted molar refractivity (Wildman–Crippen MR) is 268 cm³/mol. The van der Waals surface area contributed by atoms with Gasteiger partial charge >= 0.3 is 0 Å². The molecule has 8 nitrogen and oxygen atoms in total. The van der Waals surface area contributed by atoms with Gasteiger partial charge in [-0.2, -0.15) is 0 Å². The van der Waals surface area contributed by atoms with Gasteiger partial charge in [-0.3, -0.25) is 0 Å². The molecule has 0 radical (unpaired) electrons. The Balaban J connectivity index is 1.61. The molecule has 2 aliphatic rings. The van der Waals surface area contributed by atoms with Gasteiger partial charge in [0.1, 0.15) is 22.6 Å². The van der Waals surface area contributed by atoms with Crippen molar-refractivity contribution in [1.82, 2.24) is 39.9 Å². The normalized spacial score (nSPS) is 12.3. The first-order chi connectivity index (χ1) is 26.4. The van der Waals surface area contributed by atoms with Crippen molar-refractivity contribution in [2.75, 3.05) is 0 Å². The van der Waals surface area contributed by atoms with Gasteiger partial charge in [-0.25, -0.2) is 29.9 Å². The highest BCUT2D eigenvalue weighted by molar-refractivity contribution is 9.14. The number of aromatic nitrogens is 8. The molecule has 2 aliphatic heterocycles. The van der Waals surface area contributed by atoms with E-state index in [-0.39, 0.29) is 0 Å². The van der Waals surface area contributed by atoms with Crippen LogP contribution < -0.4 is 0 Å². The van der Waals surface area contributed by atoms with Crippen LogP contribution >= 0.6 is 238 Å². The van der Waals surface area contributed by atoms with Gasteiger partial charge in [-0.05, 0) is 191 Å². The van der Waals surface area contributed by atoms with Crippen LogP contribution in [0.1, 0.15) is 0 Å². The van der Waals surface area contributed by atoms with Crippen LogP contribution in [-0.4, -0.2) is 39.9 Å². The highest BCUT2D eigenvalue weighted by atomic mass is 79.9. The van der Waals surface area contributed by atoms with E-state index in [1.165, 1.54) is 0 Å². The van der Waals surface area contributed by atoms with Gasteiger partial charge in [0.15, 0.2) is 23.3 Å². The third-order valence-corrected chi connectivity index (χ3v) is 23.7. The number of nitrogens with zero attached hydrogens (tertiary/aromatic N) is 6. The average Bonchev–Trinajstić information content (AvgIpc) is 3.92. The predicted octanol–water partition coefficient (Wildman–Crippen LogP) is 18.6. The molecule has 4 aromatic carbocycles. The minimum Gasteiger partial charge on any atom is -0.324 e. The first kappa shape index (κ1) is 42.5. The fraction of sp³-hybridized carbons (Fsp3) is 0. The second-order valence-corrected chi connectivity index (χ2v) is 22.7. The van der Waals surface area contributed by atoms with E-state index >= 15 is 0 Å². The zero-order chi connectivity index (χ0) is 40.1. The summed E-state index contributed by atoms with van der Waals surface area (Å²) in [7, 11) is 0. The number of hydrogen-bond donors (Lipinski definition) is 2. The largest absolute Gasteiger partial charge is 0.324 e. The maximum atomic E-state index is 6.87. The molecule has 0 fully saturated rings. The van der Waals surface area contributed by atoms with Crippen LogP contribution in [0.25, 0.3) is 89.7 Å². The molecule has 9 rings (SSSR count). The Hall–Kier alpha value is 1.16. The van der Waals surface area contributed by atoms with Gasteiger partial charge in [-0.15, -0.1) is 0 Å². The molecule has 7 aromatic rings. The molecule has 3 aromatic heterocycles. The number of H-pyrrole nitrogens is 2. The molecule has 8 bridgehead atoms. The summed E-state index contributed by atoms with van der Waals surface area (Å²) in [5.41, 5.74) is 3.95. The second kappa shape index (κ2) is 15.5. The lowest BCUT2D eigenvalue weighted by Crippen LogP contribution is -1.89. The minimum absolute atomic E-state index is 0.294. The molecule has 0 aliphatic carbocycles. The average molecular weight is 1600 g/mol. The number of hydrogen-bond acceptors (Lipinski definition) is 6. The van der Waals surface area contributed by atoms with Crippen LogP contribution in [0.4, 0.5) is 0 Å². The number of aromatic amines is 2. The Bertz CT molecular complexity index is 2830. The third kappa shape index (κ3) is 6.23. The number of halogens is 16. The smallest absolute Gasteiger partial charge is 0.165 e. The lowest BCUT2D eigenvalue weighted by atomic mass is 10.1. The van der Waals surface area contributed by atoms with Crippen molar-refractivity contribution < 1.29 is 0 Å². The number of nitrogens with one attached hydrogen (secondary N) is 2. The molecule has 0 unspecified atom stereocenters. The summed E-state index contributed by atoms with van der Waals surface area (Å²) >= 11 is 72.0. The molecule has 0 amide bonds. The molecule has 0 saturated heterocycles. The fourth-order valence-electron chi connectivity index (χ4n) is 6.24. The van der Waals surface area contributed by atoms with Crippen LogP contribution in [0, 0.1) is 0 Å². The van der Waals surface area contributed by atoms with Crippen LogP contribution in [0.2, 0.25) is 20.1 Å². The third-order valence-electron chi connectivity index (χ3n) is 8.68. The van der Waals surface area contributed by atoms with Crippen molar-refractivity contribution in [3.05, 3.63) is 73.8 Å². The first-order valence-electron chi connectivity index (χ1n) is 14.7. The van der Waals surface area contributed by atoms with E-state index in [1.54, 1.807) is 0 Å². The van der Waals surface area contributed by atoms with Crippen molar-refractivity contribution in [3.63, 3.8) is 0 Å². The fourth-order valence-corrected chi connectivity index (χ4v) is 14.7. The van der Waals surface area contributed by atoms with E-state index < -0.39 is 0 Å². The zero-order valence-corrected chi connectivity index (χ0v) is 47.8. The molecule has 56 heavy (non-hydrogen) atoms. The number of benzene rings is 4. The molecule has 5 heterocycles. The molecule has 0 atom stereocenters. The van der Waals surface area contributed by atoms with E-state index in [0.29, 0.717) is 163 Å². The van der Waals surface area contributed by atoms with Gasteiger partial charge < -0.3 is 9.97 Å². The van der Waals surface area contributed by atoms with Crippen LogP contribution in [0.3, 0.4) is 0 Å². The minimum atomic E-state index is 0.294. The maximum absolute atomic E-state index is 6.87. The summed E-state index contributed by atoms with van der Waals surface area (Å²) in [5, 5.41) is 4.13. The maximum Gasteiger partial charge on any atom is 0.165 e. The standard InChI is InChI=1S/C32H2Br12Cl4N8/c33-9-1-5(13(37)21(45)17(9)41)29-49-25(1)53-30-6-2(10(34)18(42)22(46)14(6)38)27(50-30)55-32-8-4(12(36)20(44)24(48)16(8)40)28(52-32)56-31-7-3(26(51-31)54-29)11(35)19(43)23(47)15(7)39/h(H2,49,50,51,52,53,54,55,56). The lowest BCUT2D eigenvalue weighted by Gasteiger charge is -2.10. The number of rotatable bonds is 0. The van der Waals surface area contributed by atoms with Gasteiger partial charge in [0, 0.05) is 79.6 Å². The summed E-state index contributed by atoms with van der Waals surface area (Å²) in [6.07, 6.45) is 0. The van der Waals surface area contributed by atoms with Crippen molar-refractivity contribution in [2.24, 2.45) is 0 Å². The molecule has 0 saturated carbocycles. The van der Waals surface area contributed by atoms with Gasteiger partial charge in [0.2, 0.25) is 0 Å². The SMILES string of the molecule is Clc1c(Br)c(Br)c2c(c1Br)-c1nc-2nc2[nH]c(nc3nc(nc4[nH]c(n1)c1c(Br)c(Br)c(Cl)c(Br)c41)-c1c(Br)c(Br)c(Cl)c(Br)c1-3)c1c(Br)c(Br)c(Cl)c(Br)c21. The zero-order valence-electron chi connectivity index (χ0n) is 25.7. The van der Waals surface area contributed by atoms with Gasteiger partial charge in [0.25, 0.3) is 0 Å². The van der Waals surface area contributed by atoms with Gasteiger partial charge in [0.05, 0.1) is 38.0 Å². The summed E-state index contributed by atoms with van der Waals surface area (Å²) in [6.45, 7) is 0.